The number of aliphatic hydroxyl groups is 1. The van der Waals surface area contributed by atoms with Crippen LogP contribution < -0.4 is 9.64 Å². The number of anilines is 1. The first-order chi connectivity index (χ1) is 14.9. The van der Waals surface area contributed by atoms with Crippen molar-refractivity contribution >= 4 is 33.9 Å². The lowest BCUT2D eigenvalue weighted by Gasteiger charge is -2.22. The molecule has 0 bridgehead atoms. The molecular weight excluding hydrogens is 414 g/mol. The molecule has 2 heterocycles. The van der Waals surface area contributed by atoms with Crippen molar-refractivity contribution in [3.63, 3.8) is 0 Å². The van der Waals surface area contributed by atoms with Crippen molar-refractivity contribution in [2.24, 2.45) is 0 Å². The third-order valence-electron chi connectivity index (χ3n) is 5.00. The van der Waals surface area contributed by atoms with E-state index in [1.54, 1.807) is 31.2 Å². The minimum absolute atomic E-state index is 0.0193. The number of nitrogens with zero attached hydrogens (tertiary/aromatic N) is 3. The summed E-state index contributed by atoms with van der Waals surface area (Å²) in [6.07, 6.45) is 0. The number of hydrogen-bond donors (Lipinski definition) is 1. The molecule has 158 valence electrons. The average molecular weight is 436 g/mol. The molecule has 1 saturated heterocycles. The topological polar surface area (TPSA) is 92.6 Å². The second-order valence-electron chi connectivity index (χ2n) is 7.14. The fourth-order valence-corrected chi connectivity index (χ4v) is 4.22. The first-order valence-electron chi connectivity index (χ1n) is 9.81. The Kier molecular flexibility index (Phi) is 5.56. The van der Waals surface area contributed by atoms with Crippen LogP contribution in [0.3, 0.4) is 0 Å². The van der Waals surface area contributed by atoms with Gasteiger partial charge in [-0.3, -0.25) is 14.5 Å². The average Bonchev–Trinajstić information content (AvgIpc) is 3.30. The maximum absolute atomic E-state index is 13.1. The molecule has 1 fully saturated rings. The number of rotatable bonds is 5. The molecule has 4 rings (SSSR count). The molecule has 0 saturated carbocycles. The third kappa shape index (κ3) is 3.82. The summed E-state index contributed by atoms with van der Waals surface area (Å²) in [6, 6.07) is 13.4. The largest absolute Gasteiger partial charge is 0.507 e. The second kappa shape index (κ2) is 8.31. The summed E-state index contributed by atoms with van der Waals surface area (Å²) in [4.78, 5) is 27.4. The number of Topliss-reactive ketones (excluding diaryl/α,β-unsaturated/α-hetero) is 1. The number of benzene rings is 2. The molecule has 1 atom stereocenters. The van der Waals surface area contributed by atoms with Crippen LogP contribution in [0.5, 0.6) is 5.75 Å². The number of hydrogen-bond acceptors (Lipinski definition) is 7. The summed E-state index contributed by atoms with van der Waals surface area (Å²) >= 11 is 1.22. The van der Waals surface area contributed by atoms with E-state index in [0.29, 0.717) is 33.6 Å². The second-order valence-corrected chi connectivity index (χ2v) is 8.30. The van der Waals surface area contributed by atoms with E-state index in [-0.39, 0.29) is 11.3 Å². The highest BCUT2D eigenvalue weighted by Crippen LogP contribution is 2.43. The van der Waals surface area contributed by atoms with Gasteiger partial charge in [0.25, 0.3) is 5.78 Å². The zero-order valence-electron chi connectivity index (χ0n) is 17.3. The highest BCUT2D eigenvalue weighted by molar-refractivity contribution is 7.15. The lowest BCUT2D eigenvalue weighted by atomic mass is 9.95. The summed E-state index contributed by atoms with van der Waals surface area (Å²) in [5.41, 5.74) is 2.18. The van der Waals surface area contributed by atoms with E-state index in [4.69, 9.17) is 4.74 Å². The Morgan fingerprint density at radius 1 is 1.06 bits per heavy atom. The van der Waals surface area contributed by atoms with E-state index in [2.05, 4.69) is 10.2 Å². The summed E-state index contributed by atoms with van der Waals surface area (Å²) in [7, 11) is 0. The molecule has 1 aromatic heterocycles. The quantitative estimate of drug-likeness (QED) is 0.367. The molecular formula is C23H21N3O4S. The van der Waals surface area contributed by atoms with Gasteiger partial charge < -0.3 is 9.84 Å². The molecule has 1 N–H and O–H groups in total. The number of amides is 1. The van der Waals surface area contributed by atoms with Gasteiger partial charge in [0, 0.05) is 5.56 Å². The Hall–Kier alpha value is -3.52. The van der Waals surface area contributed by atoms with Crippen LogP contribution >= 0.6 is 11.3 Å². The molecule has 7 nitrogen and oxygen atoms in total. The van der Waals surface area contributed by atoms with Gasteiger partial charge in [0.2, 0.25) is 5.13 Å². The van der Waals surface area contributed by atoms with Crippen molar-refractivity contribution in [3.05, 3.63) is 75.8 Å². The SMILES string of the molecule is CCOc1ccc(C(O)=C2C(=O)C(=O)N(c3nnc(C)s3)C2c2ccc(C)cc2)cc1. The van der Waals surface area contributed by atoms with Crippen LogP contribution in [0, 0.1) is 13.8 Å². The standard InChI is InChI=1S/C23H21N3O4S/c1-4-30-17-11-9-16(10-12-17)20(27)18-19(15-7-5-13(2)6-8-15)26(22(29)21(18)28)23-25-24-14(3)31-23/h5-12,19,27H,4H2,1-3H3. The zero-order chi connectivity index (χ0) is 22.1. The Labute approximate surface area is 183 Å². The Morgan fingerprint density at radius 3 is 2.32 bits per heavy atom. The van der Waals surface area contributed by atoms with Crippen LogP contribution in [-0.4, -0.2) is 33.6 Å². The molecule has 0 aliphatic carbocycles. The number of aliphatic hydroxyl groups excluding tert-OH is 1. The summed E-state index contributed by atoms with van der Waals surface area (Å²) in [5.74, 6) is -1.09. The van der Waals surface area contributed by atoms with E-state index in [1.807, 2.05) is 38.1 Å². The molecule has 31 heavy (non-hydrogen) atoms. The number of aryl methyl sites for hydroxylation is 2. The predicted octanol–water partition coefficient (Wildman–Crippen LogP) is 4.18. The molecule has 8 heteroatoms. The van der Waals surface area contributed by atoms with Crippen molar-refractivity contribution < 1.29 is 19.4 Å². The van der Waals surface area contributed by atoms with Gasteiger partial charge in [-0.1, -0.05) is 41.2 Å². The number of ether oxygens (including phenoxy) is 1. The lowest BCUT2D eigenvalue weighted by molar-refractivity contribution is -0.132. The van der Waals surface area contributed by atoms with Crippen molar-refractivity contribution in [3.8, 4) is 5.75 Å². The number of ketones is 1. The number of carbonyl (C=O) groups is 2. The molecule has 1 amide bonds. The fourth-order valence-electron chi connectivity index (χ4n) is 3.51. The van der Waals surface area contributed by atoms with Gasteiger partial charge in [0.05, 0.1) is 18.2 Å². The Morgan fingerprint density at radius 2 is 1.74 bits per heavy atom. The van der Waals surface area contributed by atoms with Gasteiger partial charge >= 0.3 is 5.91 Å². The van der Waals surface area contributed by atoms with Gasteiger partial charge in [-0.25, -0.2) is 0 Å². The lowest BCUT2D eigenvalue weighted by Crippen LogP contribution is -2.29. The molecule has 1 unspecified atom stereocenters. The summed E-state index contributed by atoms with van der Waals surface area (Å²) in [5, 5.41) is 20.1. The molecule has 1 aliphatic rings. The van der Waals surface area contributed by atoms with E-state index >= 15 is 0 Å². The van der Waals surface area contributed by atoms with E-state index < -0.39 is 17.7 Å². The molecule has 1 aliphatic heterocycles. The number of carbonyl (C=O) groups excluding carboxylic acids is 2. The smallest absolute Gasteiger partial charge is 0.301 e. The van der Waals surface area contributed by atoms with Gasteiger partial charge in [-0.05, 0) is 50.6 Å². The van der Waals surface area contributed by atoms with Gasteiger partial charge in [-0.2, -0.15) is 0 Å². The van der Waals surface area contributed by atoms with Crippen LogP contribution in [0.15, 0.2) is 54.1 Å². The van der Waals surface area contributed by atoms with Crippen LogP contribution in [0.4, 0.5) is 5.13 Å². The molecule has 2 aromatic carbocycles. The Bertz CT molecular complexity index is 1170. The van der Waals surface area contributed by atoms with Crippen LogP contribution in [0.25, 0.3) is 5.76 Å². The molecule has 0 spiro atoms. The zero-order valence-corrected chi connectivity index (χ0v) is 18.1. The number of aromatic nitrogens is 2. The first kappa shape index (κ1) is 20.7. The predicted molar refractivity (Wildman–Crippen MR) is 118 cm³/mol. The van der Waals surface area contributed by atoms with Crippen LogP contribution in [0.2, 0.25) is 0 Å². The maximum atomic E-state index is 13.1. The van der Waals surface area contributed by atoms with Crippen molar-refractivity contribution in [2.45, 2.75) is 26.8 Å². The molecule has 3 aromatic rings. The van der Waals surface area contributed by atoms with Crippen molar-refractivity contribution in [1.29, 1.82) is 0 Å². The molecule has 0 radical (unpaired) electrons. The summed E-state index contributed by atoms with van der Waals surface area (Å²) in [6.45, 7) is 6.13. The third-order valence-corrected chi connectivity index (χ3v) is 5.84. The van der Waals surface area contributed by atoms with Crippen molar-refractivity contribution in [2.75, 3.05) is 11.5 Å². The van der Waals surface area contributed by atoms with Gasteiger partial charge in [0.1, 0.15) is 16.5 Å². The van der Waals surface area contributed by atoms with Crippen LogP contribution in [0.1, 0.15) is 34.7 Å². The highest BCUT2D eigenvalue weighted by atomic mass is 32.1. The minimum atomic E-state index is -0.806. The van der Waals surface area contributed by atoms with Gasteiger partial charge in [0.15, 0.2) is 0 Å². The summed E-state index contributed by atoms with van der Waals surface area (Å²) < 4.78 is 5.44. The van der Waals surface area contributed by atoms with E-state index in [1.165, 1.54) is 16.2 Å². The monoisotopic (exact) mass is 435 g/mol. The van der Waals surface area contributed by atoms with E-state index in [9.17, 15) is 14.7 Å². The van der Waals surface area contributed by atoms with Gasteiger partial charge in [-0.15, -0.1) is 10.2 Å². The fraction of sp³-hybridized carbons (Fsp3) is 0.217. The van der Waals surface area contributed by atoms with Crippen molar-refractivity contribution in [1.82, 2.24) is 10.2 Å². The Balaban J connectivity index is 1.87. The highest BCUT2D eigenvalue weighted by Gasteiger charge is 2.48. The van der Waals surface area contributed by atoms with Crippen LogP contribution in [-0.2, 0) is 9.59 Å². The minimum Gasteiger partial charge on any atom is -0.507 e. The van der Waals surface area contributed by atoms with E-state index in [0.717, 1.165) is 5.56 Å². The normalized spacial score (nSPS) is 17.9. The first-order valence-corrected chi connectivity index (χ1v) is 10.6. The maximum Gasteiger partial charge on any atom is 0.301 e.